The molecule has 1 fully saturated rings. The van der Waals surface area contributed by atoms with E-state index in [-0.39, 0.29) is 12.0 Å². The second-order valence-corrected chi connectivity index (χ2v) is 7.69. The van der Waals surface area contributed by atoms with Crippen molar-refractivity contribution in [1.29, 1.82) is 0 Å². The van der Waals surface area contributed by atoms with Crippen LogP contribution < -0.4 is 14.8 Å². The molecule has 0 aromatic heterocycles. The zero-order valence-electron chi connectivity index (χ0n) is 13.4. The summed E-state index contributed by atoms with van der Waals surface area (Å²) in [5, 5.41) is 4.77. The van der Waals surface area contributed by atoms with Crippen LogP contribution in [-0.2, 0) is 10.0 Å². The summed E-state index contributed by atoms with van der Waals surface area (Å²) in [4.78, 5) is 0.305. The van der Waals surface area contributed by atoms with Crippen LogP contribution in [0.5, 0.6) is 5.75 Å². The lowest BCUT2D eigenvalue weighted by atomic mass is 9.97. The van der Waals surface area contributed by atoms with Gasteiger partial charge in [0.15, 0.2) is 0 Å². The van der Waals surface area contributed by atoms with Gasteiger partial charge in [0.2, 0.25) is 10.0 Å². The largest absolute Gasteiger partial charge is 0.496 e. The molecule has 124 valence electrons. The van der Waals surface area contributed by atoms with Crippen LogP contribution in [0.1, 0.15) is 13.3 Å². The molecule has 5 nitrogen and oxygen atoms in total. The van der Waals surface area contributed by atoms with E-state index in [0.29, 0.717) is 16.0 Å². The molecular formula is C17H22N2O3S. The van der Waals surface area contributed by atoms with Crippen LogP contribution in [0.2, 0.25) is 0 Å². The molecule has 0 radical (unpaired) electrons. The van der Waals surface area contributed by atoms with Gasteiger partial charge in [-0.2, -0.15) is 0 Å². The van der Waals surface area contributed by atoms with E-state index >= 15 is 0 Å². The Labute approximate surface area is 137 Å². The lowest BCUT2D eigenvalue weighted by molar-refractivity contribution is 0.328. The fourth-order valence-electron chi connectivity index (χ4n) is 3.11. The molecule has 1 heterocycles. The molecular weight excluding hydrogens is 312 g/mol. The zero-order valence-corrected chi connectivity index (χ0v) is 14.2. The highest BCUT2D eigenvalue weighted by Crippen LogP contribution is 2.31. The molecule has 0 saturated carbocycles. The number of rotatable bonds is 4. The summed E-state index contributed by atoms with van der Waals surface area (Å²) in [7, 11) is -1.99. The molecule has 0 spiro atoms. The molecule has 3 rings (SSSR count). The Bertz CT molecular complexity index is 805. The van der Waals surface area contributed by atoms with Gasteiger partial charge in [-0.25, -0.2) is 13.1 Å². The third-order valence-electron chi connectivity index (χ3n) is 4.45. The molecule has 6 heteroatoms. The molecule has 2 aromatic rings. The Balaban J connectivity index is 2.01. The number of methoxy groups -OCH3 is 1. The van der Waals surface area contributed by atoms with Crippen molar-refractivity contribution in [3.05, 3.63) is 36.4 Å². The molecule has 2 unspecified atom stereocenters. The first-order valence-electron chi connectivity index (χ1n) is 7.81. The first kappa shape index (κ1) is 16.2. The lowest BCUT2D eigenvalue weighted by Crippen LogP contribution is -2.48. The Morgan fingerprint density at radius 3 is 2.61 bits per heavy atom. The van der Waals surface area contributed by atoms with E-state index in [1.807, 2.05) is 24.3 Å². The van der Waals surface area contributed by atoms with E-state index in [1.54, 1.807) is 19.2 Å². The summed E-state index contributed by atoms with van der Waals surface area (Å²) in [5.74, 6) is 0.942. The Morgan fingerprint density at radius 2 is 1.91 bits per heavy atom. The highest BCUT2D eigenvalue weighted by Gasteiger charge is 2.27. The van der Waals surface area contributed by atoms with E-state index in [4.69, 9.17) is 4.74 Å². The minimum absolute atomic E-state index is 0.0397. The number of nitrogens with one attached hydrogen (secondary N) is 2. The van der Waals surface area contributed by atoms with Crippen molar-refractivity contribution in [2.24, 2.45) is 5.92 Å². The number of hydrogen-bond donors (Lipinski definition) is 2. The minimum Gasteiger partial charge on any atom is -0.496 e. The van der Waals surface area contributed by atoms with Gasteiger partial charge in [-0.1, -0.05) is 31.2 Å². The maximum atomic E-state index is 12.9. The van der Waals surface area contributed by atoms with Crippen molar-refractivity contribution < 1.29 is 13.2 Å². The van der Waals surface area contributed by atoms with Crippen LogP contribution in [0.3, 0.4) is 0 Å². The highest BCUT2D eigenvalue weighted by molar-refractivity contribution is 7.89. The Kier molecular flexibility index (Phi) is 4.57. The van der Waals surface area contributed by atoms with Gasteiger partial charge in [-0.15, -0.1) is 0 Å². The summed E-state index contributed by atoms with van der Waals surface area (Å²) in [6.07, 6.45) is 0.800. The second-order valence-electron chi connectivity index (χ2n) is 6.01. The Morgan fingerprint density at radius 1 is 1.17 bits per heavy atom. The monoisotopic (exact) mass is 334 g/mol. The third kappa shape index (κ3) is 3.20. The van der Waals surface area contributed by atoms with E-state index in [2.05, 4.69) is 17.0 Å². The first-order chi connectivity index (χ1) is 11.0. The topological polar surface area (TPSA) is 67.4 Å². The van der Waals surface area contributed by atoms with Gasteiger partial charge in [0.25, 0.3) is 0 Å². The maximum Gasteiger partial charge on any atom is 0.241 e. The van der Waals surface area contributed by atoms with Gasteiger partial charge >= 0.3 is 0 Å². The first-order valence-corrected chi connectivity index (χ1v) is 9.30. The van der Waals surface area contributed by atoms with Crippen LogP contribution >= 0.6 is 0 Å². The second kappa shape index (κ2) is 6.47. The van der Waals surface area contributed by atoms with Crippen LogP contribution in [0, 0.1) is 5.92 Å². The highest BCUT2D eigenvalue weighted by atomic mass is 32.2. The predicted octanol–water partition coefficient (Wildman–Crippen LogP) is 2.12. The predicted molar refractivity (Wildman–Crippen MR) is 91.3 cm³/mol. The summed E-state index contributed by atoms with van der Waals surface area (Å²) in [6.45, 7) is 3.73. The Hall–Kier alpha value is -1.63. The number of hydrogen-bond acceptors (Lipinski definition) is 4. The molecule has 1 saturated heterocycles. The average Bonchev–Trinajstić information content (AvgIpc) is 2.55. The maximum absolute atomic E-state index is 12.9. The van der Waals surface area contributed by atoms with Crippen molar-refractivity contribution >= 4 is 20.8 Å². The van der Waals surface area contributed by atoms with Gasteiger partial charge in [-0.05, 0) is 37.6 Å². The fourth-order valence-corrected chi connectivity index (χ4v) is 4.70. The molecule has 0 aliphatic carbocycles. The zero-order chi connectivity index (χ0) is 16.4. The molecule has 2 N–H and O–H groups in total. The number of ether oxygens (including phenoxy) is 1. The van der Waals surface area contributed by atoms with Crippen molar-refractivity contribution in [2.45, 2.75) is 24.3 Å². The average molecular weight is 334 g/mol. The molecule has 2 atom stereocenters. The van der Waals surface area contributed by atoms with Crippen LogP contribution in [-0.4, -0.2) is 34.7 Å². The van der Waals surface area contributed by atoms with Gasteiger partial charge in [0, 0.05) is 16.8 Å². The standard InChI is InChI=1S/C17H22N2O3S/c1-12-11-18-10-9-15(12)19-23(20,21)17-8-7-16(22-2)13-5-3-4-6-14(13)17/h3-8,12,15,18-19H,9-11H2,1-2H3. The van der Waals surface area contributed by atoms with E-state index in [0.717, 1.165) is 24.9 Å². The van der Waals surface area contributed by atoms with Gasteiger partial charge in [0.05, 0.1) is 12.0 Å². The SMILES string of the molecule is COc1ccc(S(=O)(=O)NC2CCNCC2C)c2ccccc12. The summed E-state index contributed by atoms with van der Waals surface area (Å²) in [5.41, 5.74) is 0. The molecule has 1 aliphatic rings. The fraction of sp³-hybridized carbons (Fsp3) is 0.412. The smallest absolute Gasteiger partial charge is 0.241 e. The third-order valence-corrected chi connectivity index (χ3v) is 5.99. The quantitative estimate of drug-likeness (QED) is 0.899. The van der Waals surface area contributed by atoms with Crippen LogP contribution in [0.4, 0.5) is 0 Å². The van der Waals surface area contributed by atoms with Crippen molar-refractivity contribution in [1.82, 2.24) is 10.0 Å². The summed E-state index contributed by atoms with van der Waals surface area (Å²) >= 11 is 0. The van der Waals surface area contributed by atoms with Crippen LogP contribution in [0.25, 0.3) is 10.8 Å². The summed E-state index contributed by atoms with van der Waals surface area (Å²) < 4.78 is 34.0. The molecule has 0 bridgehead atoms. The van der Waals surface area contributed by atoms with Crippen molar-refractivity contribution in [3.8, 4) is 5.75 Å². The van der Waals surface area contributed by atoms with Gasteiger partial charge in [-0.3, -0.25) is 0 Å². The number of sulfonamides is 1. The molecule has 23 heavy (non-hydrogen) atoms. The minimum atomic E-state index is -3.58. The lowest BCUT2D eigenvalue weighted by Gasteiger charge is -2.30. The number of piperidine rings is 1. The molecule has 1 aliphatic heterocycles. The molecule has 0 amide bonds. The number of benzene rings is 2. The van der Waals surface area contributed by atoms with E-state index in [9.17, 15) is 8.42 Å². The van der Waals surface area contributed by atoms with Gasteiger partial charge < -0.3 is 10.1 Å². The van der Waals surface area contributed by atoms with E-state index < -0.39 is 10.0 Å². The molecule has 2 aromatic carbocycles. The van der Waals surface area contributed by atoms with Crippen molar-refractivity contribution in [2.75, 3.05) is 20.2 Å². The summed E-state index contributed by atoms with van der Waals surface area (Å²) in [6, 6.07) is 10.7. The van der Waals surface area contributed by atoms with E-state index in [1.165, 1.54) is 0 Å². The van der Waals surface area contributed by atoms with Gasteiger partial charge in [0.1, 0.15) is 5.75 Å². The van der Waals surface area contributed by atoms with Crippen LogP contribution in [0.15, 0.2) is 41.3 Å². The number of fused-ring (bicyclic) bond motifs is 1. The van der Waals surface area contributed by atoms with Crippen molar-refractivity contribution in [3.63, 3.8) is 0 Å². The normalized spacial score (nSPS) is 22.2.